The van der Waals surface area contributed by atoms with Crippen LogP contribution >= 0.6 is 12.4 Å². The number of nitrogens with two attached hydrogens (primary N) is 1. The van der Waals surface area contributed by atoms with Crippen LogP contribution in [0, 0.1) is 0 Å². The van der Waals surface area contributed by atoms with E-state index >= 15 is 0 Å². The van der Waals surface area contributed by atoms with Gasteiger partial charge in [0.05, 0.1) is 16.8 Å². The molecule has 0 aliphatic heterocycles. The third-order valence-corrected chi connectivity index (χ3v) is 2.51. The first-order valence-electron chi connectivity index (χ1n) is 5.64. The highest BCUT2D eigenvalue weighted by Gasteiger charge is 2.12. The molecule has 1 amide bonds. The zero-order chi connectivity index (χ0) is 13.7. The molecule has 1 aromatic heterocycles. The van der Waals surface area contributed by atoms with Crippen molar-refractivity contribution in [2.45, 2.75) is 6.61 Å². The maximum Gasteiger partial charge on any atom is 0.338 e. The Bertz CT molecular complexity index is 602. The number of rotatable bonds is 4. The number of pyridine rings is 1. The van der Waals surface area contributed by atoms with E-state index in [2.05, 4.69) is 4.98 Å². The molecule has 0 saturated carbocycles. The van der Waals surface area contributed by atoms with E-state index in [-0.39, 0.29) is 24.6 Å². The minimum atomic E-state index is -0.598. The van der Waals surface area contributed by atoms with Crippen molar-refractivity contribution in [2.24, 2.45) is 5.73 Å². The van der Waals surface area contributed by atoms with Crippen LogP contribution in [0.2, 0.25) is 0 Å². The molecule has 0 atom stereocenters. The summed E-state index contributed by atoms with van der Waals surface area (Å²) < 4.78 is 5.10. The molecule has 0 spiro atoms. The number of benzene rings is 1. The molecule has 0 unspecified atom stereocenters. The Hall–Kier alpha value is -2.40. The highest BCUT2D eigenvalue weighted by atomic mass is 35.5. The van der Waals surface area contributed by atoms with E-state index in [1.807, 2.05) is 0 Å². The summed E-state index contributed by atoms with van der Waals surface area (Å²) in [4.78, 5) is 26.9. The third-order valence-electron chi connectivity index (χ3n) is 2.51. The van der Waals surface area contributed by atoms with E-state index < -0.39 is 11.9 Å². The number of hydrogen-bond donors (Lipinski definition) is 1. The van der Waals surface area contributed by atoms with Crippen molar-refractivity contribution in [3.05, 3.63) is 65.5 Å². The number of ether oxygens (including phenoxy) is 1. The lowest BCUT2D eigenvalue weighted by molar-refractivity contribution is 0.0465. The fourth-order valence-electron chi connectivity index (χ4n) is 1.57. The van der Waals surface area contributed by atoms with Gasteiger partial charge < -0.3 is 10.5 Å². The van der Waals surface area contributed by atoms with Crippen molar-refractivity contribution in [3.63, 3.8) is 0 Å². The van der Waals surface area contributed by atoms with E-state index in [0.29, 0.717) is 11.3 Å². The summed E-state index contributed by atoms with van der Waals surface area (Å²) in [5.74, 6) is -1.07. The predicted octanol–water partition coefficient (Wildman–Crippen LogP) is 1.96. The molecular weight excluding hydrogens is 280 g/mol. The zero-order valence-corrected chi connectivity index (χ0v) is 11.3. The minimum Gasteiger partial charge on any atom is -0.456 e. The van der Waals surface area contributed by atoms with E-state index in [1.165, 1.54) is 6.20 Å². The Morgan fingerprint density at radius 2 is 1.80 bits per heavy atom. The largest absolute Gasteiger partial charge is 0.456 e. The van der Waals surface area contributed by atoms with Gasteiger partial charge in [0.15, 0.2) is 0 Å². The van der Waals surface area contributed by atoms with E-state index in [9.17, 15) is 9.59 Å². The first-order chi connectivity index (χ1) is 9.18. The third kappa shape index (κ3) is 3.80. The van der Waals surface area contributed by atoms with Gasteiger partial charge in [-0.1, -0.05) is 18.2 Å². The maximum atomic E-state index is 11.7. The number of aromatic nitrogens is 1. The van der Waals surface area contributed by atoms with Gasteiger partial charge in [0.1, 0.15) is 6.61 Å². The van der Waals surface area contributed by atoms with E-state index in [4.69, 9.17) is 10.5 Å². The molecule has 2 aromatic rings. The predicted molar refractivity (Wildman–Crippen MR) is 75.6 cm³/mol. The molecule has 0 radical (unpaired) electrons. The second kappa shape index (κ2) is 7.25. The van der Waals surface area contributed by atoms with Crippen LogP contribution in [0.25, 0.3) is 0 Å². The summed E-state index contributed by atoms with van der Waals surface area (Å²) in [5, 5.41) is 0. The van der Waals surface area contributed by atoms with Crippen LogP contribution in [-0.2, 0) is 11.3 Å². The number of amides is 1. The normalized spacial score (nSPS) is 9.40. The van der Waals surface area contributed by atoms with Gasteiger partial charge >= 0.3 is 5.97 Å². The molecule has 20 heavy (non-hydrogen) atoms. The average Bonchev–Trinajstić information content (AvgIpc) is 2.46. The number of carbonyl (C=O) groups excluding carboxylic acids is 2. The van der Waals surface area contributed by atoms with Crippen LogP contribution in [0.5, 0.6) is 0 Å². The zero-order valence-electron chi connectivity index (χ0n) is 10.5. The average molecular weight is 293 g/mol. The monoisotopic (exact) mass is 292 g/mol. The first-order valence-corrected chi connectivity index (χ1v) is 5.64. The van der Waals surface area contributed by atoms with Gasteiger partial charge in [0.2, 0.25) is 0 Å². The molecule has 0 fully saturated rings. The topological polar surface area (TPSA) is 82.3 Å². The number of hydrogen-bond acceptors (Lipinski definition) is 4. The van der Waals surface area contributed by atoms with Gasteiger partial charge in [-0.15, -0.1) is 12.4 Å². The summed E-state index contributed by atoms with van der Waals surface area (Å²) in [5.41, 5.74) is 6.26. The minimum absolute atomic E-state index is 0. The summed E-state index contributed by atoms with van der Waals surface area (Å²) in [6, 6.07) is 11.7. The standard InChI is InChI=1S/C14H12N2O3.ClH/c15-13(17)11-7-4-8-16-12(11)9-19-14(18)10-5-2-1-3-6-10;/h1-8H,9H2,(H2,15,17);1H. The molecule has 0 aliphatic rings. The van der Waals surface area contributed by atoms with Crippen LogP contribution in [0.4, 0.5) is 0 Å². The number of carbonyl (C=O) groups is 2. The van der Waals surface area contributed by atoms with Crippen LogP contribution in [0.15, 0.2) is 48.7 Å². The lowest BCUT2D eigenvalue weighted by atomic mass is 10.2. The molecule has 2 rings (SSSR count). The Balaban J connectivity index is 0.00000200. The number of esters is 1. The van der Waals surface area contributed by atoms with Crippen molar-refractivity contribution in [1.82, 2.24) is 4.98 Å². The van der Waals surface area contributed by atoms with Gasteiger partial charge in [-0.25, -0.2) is 4.79 Å². The molecule has 5 nitrogen and oxygen atoms in total. The fraction of sp³-hybridized carbons (Fsp3) is 0.0714. The smallest absolute Gasteiger partial charge is 0.338 e. The summed E-state index contributed by atoms with van der Waals surface area (Å²) in [6.07, 6.45) is 1.51. The number of halogens is 1. The molecular formula is C14H13ClN2O3. The van der Waals surface area contributed by atoms with E-state index in [0.717, 1.165) is 0 Å². The number of primary amides is 1. The van der Waals surface area contributed by atoms with E-state index in [1.54, 1.807) is 42.5 Å². The Morgan fingerprint density at radius 1 is 1.10 bits per heavy atom. The molecule has 0 aliphatic carbocycles. The van der Waals surface area contributed by atoms with Crippen LogP contribution in [0.3, 0.4) is 0 Å². The Kier molecular flexibility index (Phi) is 5.68. The SMILES string of the molecule is Cl.NC(=O)c1cccnc1COC(=O)c1ccccc1. The Morgan fingerprint density at radius 3 is 2.45 bits per heavy atom. The van der Waals surface area contributed by atoms with Gasteiger partial charge in [-0.05, 0) is 24.3 Å². The van der Waals surface area contributed by atoms with Crippen LogP contribution in [-0.4, -0.2) is 16.9 Å². The van der Waals surface area contributed by atoms with Gasteiger partial charge in [0.25, 0.3) is 5.91 Å². The summed E-state index contributed by atoms with van der Waals surface area (Å²) in [7, 11) is 0. The highest BCUT2D eigenvalue weighted by molar-refractivity contribution is 5.94. The van der Waals surface area contributed by atoms with Gasteiger partial charge in [-0.3, -0.25) is 9.78 Å². The number of nitrogens with zero attached hydrogens (tertiary/aromatic N) is 1. The quantitative estimate of drug-likeness (QED) is 0.873. The van der Waals surface area contributed by atoms with Gasteiger partial charge in [-0.2, -0.15) is 0 Å². The molecule has 1 heterocycles. The fourth-order valence-corrected chi connectivity index (χ4v) is 1.57. The summed E-state index contributed by atoms with van der Waals surface area (Å²) >= 11 is 0. The molecule has 1 aromatic carbocycles. The second-order valence-corrected chi connectivity index (χ2v) is 3.80. The molecule has 0 saturated heterocycles. The molecule has 104 valence electrons. The summed E-state index contributed by atoms with van der Waals surface area (Å²) in [6.45, 7) is -0.0904. The molecule has 6 heteroatoms. The second-order valence-electron chi connectivity index (χ2n) is 3.80. The van der Waals surface area contributed by atoms with Crippen molar-refractivity contribution >= 4 is 24.3 Å². The molecule has 0 bridgehead atoms. The van der Waals surface area contributed by atoms with Crippen molar-refractivity contribution in [1.29, 1.82) is 0 Å². The van der Waals surface area contributed by atoms with Gasteiger partial charge in [0, 0.05) is 6.20 Å². The lowest BCUT2D eigenvalue weighted by Crippen LogP contribution is -2.16. The van der Waals surface area contributed by atoms with Crippen molar-refractivity contribution in [3.8, 4) is 0 Å². The van der Waals surface area contributed by atoms with Crippen LogP contribution < -0.4 is 5.73 Å². The first kappa shape index (κ1) is 15.7. The van der Waals surface area contributed by atoms with Crippen molar-refractivity contribution < 1.29 is 14.3 Å². The highest BCUT2D eigenvalue weighted by Crippen LogP contribution is 2.08. The lowest BCUT2D eigenvalue weighted by Gasteiger charge is -2.06. The maximum absolute atomic E-state index is 11.7. The Labute approximate surface area is 122 Å². The molecule has 2 N–H and O–H groups in total. The van der Waals surface area contributed by atoms with Crippen molar-refractivity contribution in [2.75, 3.05) is 0 Å². The van der Waals surface area contributed by atoms with Crippen LogP contribution in [0.1, 0.15) is 26.4 Å².